The number of aromatic nitrogens is 3. The Morgan fingerprint density at radius 1 is 1.09 bits per heavy atom. The summed E-state index contributed by atoms with van der Waals surface area (Å²) in [4.78, 5) is 28.3. The predicted octanol–water partition coefficient (Wildman–Crippen LogP) is 3.34. The first kappa shape index (κ1) is 22.9. The number of carbonyl (C=O) groups excluding carboxylic acids is 2. The van der Waals surface area contributed by atoms with E-state index < -0.39 is 0 Å². The van der Waals surface area contributed by atoms with Crippen molar-refractivity contribution in [2.75, 3.05) is 43.2 Å². The second-order valence-corrected chi connectivity index (χ2v) is 9.05. The van der Waals surface area contributed by atoms with Crippen LogP contribution in [-0.2, 0) is 11.3 Å². The van der Waals surface area contributed by atoms with Crippen LogP contribution >= 0.6 is 11.8 Å². The van der Waals surface area contributed by atoms with Crippen molar-refractivity contribution in [3.05, 3.63) is 54.0 Å². The number of nitrogens with one attached hydrogen (secondary N) is 1. The Hall–Kier alpha value is -3.27. The van der Waals surface area contributed by atoms with Gasteiger partial charge < -0.3 is 19.5 Å². The standard InChI is InChI=1S/C23H28N6O3S/c1-27(2)21(31)17-8-10-18(11-9-17)24-20(30)16-33-23-26-25-22(28-12-4-3-5-13-28)29(23)15-19-7-6-14-32-19/h6-11,14H,3-5,12-13,15-16H2,1-2H3,(H,24,30). The maximum atomic E-state index is 12.6. The zero-order chi connectivity index (χ0) is 23.2. The van der Waals surface area contributed by atoms with Crippen LogP contribution in [-0.4, -0.2) is 64.4 Å². The first-order valence-electron chi connectivity index (χ1n) is 11.0. The molecule has 0 saturated carbocycles. The minimum Gasteiger partial charge on any atom is -0.467 e. The number of benzene rings is 1. The second-order valence-electron chi connectivity index (χ2n) is 8.11. The van der Waals surface area contributed by atoms with Crippen molar-refractivity contribution in [3.8, 4) is 0 Å². The summed E-state index contributed by atoms with van der Waals surface area (Å²) in [6.07, 6.45) is 5.15. The fourth-order valence-corrected chi connectivity index (χ4v) is 4.43. The highest BCUT2D eigenvalue weighted by atomic mass is 32.2. The predicted molar refractivity (Wildman–Crippen MR) is 128 cm³/mol. The molecule has 0 bridgehead atoms. The normalized spacial score (nSPS) is 13.7. The molecule has 0 aliphatic carbocycles. The summed E-state index contributed by atoms with van der Waals surface area (Å²) in [6, 6.07) is 10.6. The number of carbonyl (C=O) groups is 2. The Morgan fingerprint density at radius 3 is 2.52 bits per heavy atom. The van der Waals surface area contributed by atoms with E-state index in [1.54, 1.807) is 44.6 Å². The van der Waals surface area contributed by atoms with E-state index in [1.165, 1.54) is 23.1 Å². The minimum absolute atomic E-state index is 0.0798. The SMILES string of the molecule is CN(C)C(=O)c1ccc(NC(=O)CSc2nnc(N3CCCCC3)n2Cc2ccco2)cc1. The third kappa shape index (κ3) is 5.75. The molecule has 2 aromatic heterocycles. The molecule has 33 heavy (non-hydrogen) atoms. The molecule has 1 aliphatic heterocycles. The summed E-state index contributed by atoms with van der Waals surface area (Å²) < 4.78 is 7.56. The number of amides is 2. The van der Waals surface area contributed by atoms with Gasteiger partial charge in [-0.1, -0.05) is 11.8 Å². The van der Waals surface area contributed by atoms with Gasteiger partial charge in [0, 0.05) is 38.4 Å². The van der Waals surface area contributed by atoms with E-state index in [2.05, 4.69) is 20.4 Å². The molecule has 0 radical (unpaired) electrons. The van der Waals surface area contributed by atoms with Crippen LogP contribution in [0.25, 0.3) is 0 Å². The van der Waals surface area contributed by atoms with Crippen molar-refractivity contribution in [2.24, 2.45) is 0 Å². The van der Waals surface area contributed by atoms with E-state index in [4.69, 9.17) is 4.42 Å². The topological polar surface area (TPSA) is 96.5 Å². The van der Waals surface area contributed by atoms with Crippen LogP contribution < -0.4 is 10.2 Å². The fourth-order valence-electron chi connectivity index (χ4n) is 3.69. The average molecular weight is 469 g/mol. The number of piperidine rings is 1. The Balaban J connectivity index is 1.41. The van der Waals surface area contributed by atoms with Crippen molar-refractivity contribution in [3.63, 3.8) is 0 Å². The van der Waals surface area contributed by atoms with Crippen LogP contribution in [0.2, 0.25) is 0 Å². The van der Waals surface area contributed by atoms with E-state index >= 15 is 0 Å². The van der Waals surface area contributed by atoms with Gasteiger partial charge in [-0.2, -0.15) is 0 Å². The molecule has 9 nitrogen and oxygen atoms in total. The molecule has 174 valence electrons. The van der Waals surface area contributed by atoms with Crippen LogP contribution in [0.4, 0.5) is 11.6 Å². The van der Waals surface area contributed by atoms with Gasteiger partial charge in [0.25, 0.3) is 5.91 Å². The third-order valence-electron chi connectivity index (χ3n) is 5.38. The molecule has 1 saturated heterocycles. The van der Waals surface area contributed by atoms with Gasteiger partial charge in [-0.3, -0.25) is 14.2 Å². The molecule has 4 rings (SSSR count). The Bertz CT molecular complexity index is 1070. The quantitative estimate of drug-likeness (QED) is 0.507. The third-order valence-corrected chi connectivity index (χ3v) is 6.35. The molecule has 3 heterocycles. The zero-order valence-electron chi connectivity index (χ0n) is 18.9. The van der Waals surface area contributed by atoms with Crippen LogP contribution in [0, 0.1) is 0 Å². The monoisotopic (exact) mass is 468 g/mol. The number of rotatable bonds is 8. The van der Waals surface area contributed by atoms with Crippen LogP contribution in [0.5, 0.6) is 0 Å². The summed E-state index contributed by atoms with van der Waals surface area (Å²) in [5, 5.41) is 12.3. The lowest BCUT2D eigenvalue weighted by Crippen LogP contribution is -2.32. The molecule has 0 spiro atoms. The summed E-state index contributed by atoms with van der Waals surface area (Å²) in [5.41, 5.74) is 1.21. The Kier molecular flexibility index (Phi) is 7.33. The lowest BCUT2D eigenvalue weighted by molar-refractivity contribution is -0.113. The molecular weight excluding hydrogens is 440 g/mol. The van der Waals surface area contributed by atoms with E-state index in [1.807, 2.05) is 16.7 Å². The zero-order valence-corrected chi connectivity index (χ0v) is 19.7. The van der Waals surface area contributed by atoms with Crippen molar-refractivity contribution < 1.29 is 14.0 Å². The molecule has 3 aromatic rings. The van der Waals surface area contributed by atoms with Gasteiger partial charge in [-0.05, 0) is 55.7 Å². The maximum absolute atomic E-state index is 12.6. The first-order chi connectivity index (χ1) is 16.0. The minimum atomic E-state index is -0.154. The van der Waals surface area contributed by atoms with Gasteiger partial charge in [0.1, 0.15) is 5.76 Å². The fraction of sp³-hybridized carbons (Fsp3) is 0.391. The van der Waals surface area contributed by atoms with E-state index in [0.717, 1.165) is 37.6 Å². The van der Waals surface area contributed by atoms with Crippen molar-refractivity contribution >= 4 is 35.2 Å². The molecule has 0 atom stereocenters. The molecule has 0 unspecified atom stereocenters. The van der Waals surface area contributed by atoms with Gasteiger partial charge in [-0.15, -0.1) is 10.2 Å². The highest BCUT2D eigenvalue weighted by molar-refractivity contribution is 7.99. The highest BCUT2D eigenvalue weighted by Crippen LogP contribution is 2.26. The second kappa shape index (κ2) is 10.6. The first-order valence-corrected chi connectivity index (χ1v) is 11.9. The Morgan fingerprint density at radius 2 is 1.85 bits per heavy atom. The van der Waals surface area contributed by atoms with E-state index in [-0.39, 0.29) is 17.6 Å². The molecule has 1 aliphatic rings. The van der Waals surface area contributed by atoms with Gasteiger partial charge in [0.2, 0.25) is 11.9 Å². The van der Waals surface area contributed by atoms with Gasteiger partial charge in [0.05, 0.1) is 18.6 Å². The number of thioether (sulfide) groups is 1. The van der Waals surface area contributed by atoms with Gasteiger partial charge >= 0.3 is 0 Å². The van der Waals surface area contributed by atoms with Crippen molar-refractivity contribution in [1.29, 1.82) is 0 Å². The smallest absolute Gasteiger partial charge is 0.253 e. The summed E-state index contributed by atoms with van der Waals surface area (Å²) in [6.45, 7) is 2.42. The van der Waals surface area contributed by atoms with Crippen molar-refractivity contribution in [1.82, 2.24) is 19.7 Å². The summed E-state index contributed by atoms with van der Waals surface area (Å²) >= 11 is 1.34. The largest absolute Gasteiger partial charge is 0.467 e. The number of hydrogen-bond acceptors (Lipinski definition) is 7. The van der Waals surface area contributed by atoms with E-state index in [9.17, 15) is 9.59 Å². The van der Waals surface area contributed by atoms with Crippen LogP contribution in [0.1, 0.15) is 35.4 Å². The molecule has 2 amide bonds. The lowest BCUT2D eigenvalue weighted by atomic mass is 10.1. The highest BCUT2D eigenvalue weighted by Gasteiger charge is 2.22. The Labute approximate surface area is 197 Å². The molecule has 1 N–H and O–H groups in total. The van der Waals surface area contributed by atoms with Crippen LogP contribution in [0.3, 0.4) is 0 Å². The molecule has 1 aromatic carbocycles. The number of furan rings is 1. The number of anilines is 2. The van der Waals surface area contributed by atoms with Crippen LogP contribution in [0.15, 0.2) is 52.2 Å². The van der Waals surface area contributed by atoms with E-state index in [0.29, 0.717) is 23.0 Å². The average Bonchev–Trinajstić information content (AvgIpc) is 3.49. The molecule has 1 fully saturated rings. The summed E-state index contributed by atoms with van der Waals surface area (Å²) in [7, 11) is 3.41. The van der Waals surface area contributed by atoms with Gasteiger partial charge in [0.15, 0.2) is 5.16 Å². The van der Waals surface area contributed by atoms with Crippen molar-refractivity contribution in [2.45, 2.75) is 31.0 Å². The number of nitrogens with zero attached hydrogens (tertiary/aromatic N) is 5. The lowest BCUT2D eigenvalue weighted by Gasteiger charge is -2.27. The molecular formula is C23H28N6O3S. The summed E-state index contributed by atoms with van der Waals surface area (Å²) in [5.74, 6) is 1.58. The molecule has 10 heteroatoms. The van der Waals surface area contributed by atoms with Gasteiger partial charge in [-0.25, -0.2) is 0 Å². The maximum Gasteiger partial charge on any atom is 0.253 e. The number of hydrogen-bond donors (Lipinski definition) is 1.